The Hall–Kier alpha value is -0.280. The minimum Gasteiger partial charge on any atom is -0.241 e. The van der Waals surface area contributed by atoms with Crippen molar-refractivity contribution in [2.45, 2.75) is 31.7 Å². The minimum absolute atomic E-state index is 0.529. The van der Waals surface area contributed by atoms with Crippen LogP contribution < -0.4 is 0 Å². The second-order valence-electron chi connectivity index (χ2n) is 3.67. The first-order chi connectivity index (χ1) is 7.26. The molecule has 1 atom stereocenters. The summed E-state index contributed by atoms with van der Waals surface area (Å²) < 4.78 is 0. The van der Waals surface area contributed by atoms with Gasteiger partial charge >= 0.3 is 0 Å². The molecule has 4 heteroatoms. The van der Waals surface area contributed by atoms with Gasteiger partial charge in [0.2, 0.25) is 0 Å². The predicted octanol–water partition coefficient (Wildman–Crippen LogP) is 3.40. The smallest absolute Gasteiger partial charge is 0.116 e. The number of hydrogen-bond donors (Lipinski definition) is 0. The van der Waals surface area contributed by atoms with Gasteiger partial charge in [-0.25, -0.2) is 9.97 Å². The molecule has 0 saturated heterocycles. The maximum absolute atomic E-state index is 5.75. The van der Waals surface area contributed by atoms with E-state index in [-0.39, 0.29) is 0 Å². The fraction of sp³-hybridized carbons (Fsp3) is 0.636. The molecule has 1 rings (SSSR count). The Kier molecular flexibility index (Phi) is 6.03. The average molecular weight is 245 g/mol. The van der Waals surface area contributed by atoms with E-state index >= 15 is 0 Å². The number of aryl methyl sites for hydroxylation is 1. The van der Waals surface area contributed by atoms with Crippen molar-refractivity contribution in [1.29, 1.82) is 0 Å². The first-order valence-electron chi connectivity index (χ1n) is 5.26. The molecule has 0 fully saturated rings. The zero-order valence-electron chi connectivity index (χ0n) is 9.24. The lowest BCUT2D eigenvalue weighted by atomic mass is 10.2. The van der Waals surface area contributed by atoms with Crippen molar-refractivity contribution in [1.82, 2.24) is 9.97 Å². The Morgan fingerprint density at radius 3 is 2.93 bits per heavy atom. The molecule has 0 amide bonds. The maximum atomic E-state index is 5.75. The summed E-state index contributed by atoms with van der Waals surface area (Å²) in [5.74, 6) is 2.26. The fourth-order valence-corrected chi connectivity index (χ4v) is 2.27. The Bertz CT molecular complexity index is 294. The molecule has 0 bridgehead atoms. The molecule has 15 heavy (non-hydrogen) atoms. The van der Waals surface area contributed by atoms with Crippen LogP contribution in [0.2, 0.25) is 0 Å². The van der Waals surface area contributed by atoms with Gasteiger partial charge in [-0.1, -0.05) is 20.3 Å². The topological polar surface area (TPSA) is 25.8 Å². The van der Waals surface area contributed by atoms with Gasteiger partial charge in [0.1, 0.15) is 6.33 Å². The summed E-state index contributed by atoms with van der Waals surface area (Å²) in [6.45, 7) is 4.30. The number of nitrogens with zero attached hydrogens (tertiary/aromatic N) is 2. The van der Waals surface area contributed by atoms with Crippen LogP contribution in [0.3, 0.4) is 0 Å². The van der Waals surface area contributed by atoms with E-state index in [9.17, 15) is 0 Å². The highest BCUT2D eigenvalue weighted by Gasteiger charge is 2.03. The summed E-state index contributed by atoms with van der Waals surface area (Å²) in [5, 5.41) is 1.06. The fourth-order valence-electron chi connectivity index (χ4n) is 1.12. The van der Waals surface area contributed by atoms with Crippen LogP contribution in [0.5, 0.6) is 0 Å². The molecule has 1 aromatic heterocycles. The normalized spacial score (nSPS) is 12.7. The van der Waals surface area contributed by atoms with Gasteiger partial charge in [-0.05, 0) is 18.4 Å². The summed E-state index contributed by atoms with van der Waals surface area (Å²) in [6, 6.07) is 2.08. The second-order valence-corrected chi connectivity index (χ2v) is 5.02. The third-order valence-electron chi connectivity index (χ3n) is 1.98. The van der Waals surface area contributed by atoms with Gasteiger partial charge in [-0.2, -0.15) is 0 Å². The lowest BCUT2D eigenvalue weighted by molar-refractivity contribution is 0.757. The van der Waals surface area contributed by atoms with Crippen molar-refractivity contribution in [3.63, 3.8) is 0 Å². The Balaban J connectivity index is 2.50. The second kappa shape index (κ2) is 7.07. The standard InChI is InChI=1S/C11H17ClN2S/c1-3-4-10-5-11(14-8-13-10)15-7-9(2)6-12/h5,8-9H,3-4,6-7H2,1-2H3. The summed E-state index contributed by atoms with van der Waals surface area (Å²) in [6.07, 6.45) is 3.80. The van der Waals surface area contributed by atoms with E-state index in [0.29, 0.717) is 11.8 Å². The Labute approximate surface area is 101 Å². The predicted molar refractivity (Wildman–Crippen MR) is 66.6 cm³/mol. The van der Waals surface area contributed by atoms with Crippen molar-refractivity contribution < 1.29 is 0 Å². The zero-order valence-corrected chi connectivity index (χ0v) is 10.8. The first-order valence-corrected chi connectivity index (χ1v) is 6.78. The molecule has 0 aliphatic heterocycles. The Morgan fingerprint density at radius 2 is 2.27 bits per heavy atom. The number of aromatic nitrogens is 2. The molecule has 0 spiro atoms. The van der Waals surface area contributed by atoms with Gasteiger partial charge in [-0.15, -0.1) is 23.4 Å². The van der Waals surface area contributed by atoms with Gasteiger partial charge in [0.25, 0.3) is 0 Å². The van der Waals surface area contributed by atoms with Crippen molar-refractivity contribution in [2.75, 3.05) is 11.6 Å². The largest absolute Gasteiger partial charge is 0.241 e. The lowest BCUT2D eigenvalue weighted by Gasteiger charge is -2.06. The van der Waals surface area contributed by atoms with E-state index in [4.69, 9.17) is 11.6 Å². The monoisotopic (exact) mass is 244 g/mol. The van der Waals surface area contributed by atoms with Gasteiger partial charge in [0.05, 0.1) is 5.03 Å². The van der Waals surface area contributed by atoms with Gasteiger partial charge < -0.3 is 0 Å². The molecule has 0 saturated carbocycles. The van der Waals surface area contributed by atoms with Crippen LogP contribution in [0.1, 0.15) is 26.0 Å². The van der Waals surface area contributed by atoms with Crippen LogP contribution >= 0.6 is 23.4 Å². The van der Waals surface area contributed by atoms with Crippen molar-refractivity contribution in [3.8, 4) is 0 Å². The van der Waals surface area contributed by atoms with Crippen LogP contribution in [-0.4, -0.2) is 21.6 Å². The quantitative estimate of drug-likeness (QED) is 0.436. The Morgan fingerprint density at radius 1 is 1.47 bits per heavy atom. The van der Waals surface area contributed by atoms with E-state index in [2.05, 4.69) is 29.9 Å². The number of rotatable bonds is 6. The average Bonchev–Trinajstić information content (AvgIpc) is 2.27. The summed E-state index contributed by atoms with van der Waals surface area (Å²) in [5.41, 5.74) is 1.13. The third-order valence-corrected chi connectivity index (χ3v) is 3.77. The number of thioether (sulfide) groups is 1. The van der Waals surface area contributed by atoms with E-state index in [1.807, 2.05) is 0 Å². The summed E-state index contributed by atoms with van der Waals surface area (Å²) in [7, 11) is 0. The van der Waals surface area contributed by atoms with Crippen LogP contribution in [0.25, 0.3) is 0 Å². The van der Waals surface area contributed by atoms with Crippen LogP contribution in [-0.2, 0) is 6.42 Å². The molecule has 84 valence electrons. The molecule has 0 aliphatic carbocycles. The SMILES string of the molecule is CCCc1cc(SCC(C)CCl)ncn1. The summed E-state index contributed by atoms with van der Waals surface area (Å²) >= 11 is 7.51. The number of alkyl halides is 1. The molecular formula is C11H17ClN2S. The molecule has 0 radical (unpaired) electrons. The summed E-state index contributed by atoms with van der Waals surface area (Å²) in [4.78, 5) is 8.46. The molecule has 0 aromatic carbocycles. The molecule has 0 aliphatic rings. The number of hydrogen-bond acceptors (Lipinski definition) is 3. The van der Waals surface area contributed by atoms with Crippen LogP contribution in [0.4, 0.5) is 0 Å². The van der Waals surface area contributed by atoms with Crippen molar-refractivity contribution in [2.24, 2.45) is 5.92 Å². The van der Waals surface area contributed by atoms with Crippen LogP contribution in [0, 0.1) is 5.92 Å². The van der Waals surface area contributed by atoms with E-state index in [1.54, 1.807) is 18.1 Å². The maximum Gasteiger partial charge on any atom is 0.116 e. The van der Waals surface area contributed by atoms with Gasteiger partial charge in [-0.3, -0.25) is 0 Å². The minimum atomic E-state index is 0.529. The molecule has 1 unspecified atom stereocenters. The lowest BCUT2D eigenvalue weighted by Crippen LogP contribution is -2.00. The van der Waals surface area contributed by atoms with Gasteiger partial charge in [0.15, 0.2) is 0 Å². The molecule has 1 aromatic rings. The highest BCUT2D eigenvalue weighted by molar-refractivity contribution is 7.99. The molecule has 2 nitrogen and oxygen atoms in total. The van der Waals surface area contributed by atoms with E-state index < -0.39 is 0 Å². The van der Waals surface area contributed by atoms with Gasteiger partial charge in [0, 0.05) is 17.3 Å². The van der Waals surface area contributed by atoms with E-state index in [1.165, 1.54) is 0 Å². The third kappa shape index (κ3) is 4.85. The number of halogens is 1. The van der Waals surface area contributed by atoms with Crippen LogP contribution in [0.15, 0.2) is 17.4 Å². The molecule has 1 heterocycles. The van der Waals surface area contributed by atoms with Crippen molar-refractivity contribution in [3.05, 3.63) is 18.1 Å². The molecule has 0 N–H and O–H groups in total. The van der Waals surface area contributed by atoms with E-state index in [0.717, 1.165) is 29.3 Å². The zero-order chi connectivity index (χ0) is 11.1. The van der Waals surface area contributed by atoms with Crippen molar-refractivity contribution >= 4 is 23.4 Å². The molecular weight excluding hydrogens is 228 g/mol. The highest BCUT2D eigenvalue weighted by Crippen LogP contribution is 2.19. The highest BCUT2D eigenvalue weighted by atomic mass is 35.5. The first kappa shape index (κ1) is 12.8.